The second kappa shape index (κ2) is 15.1. The third-order valence-electron chi connectivity index (χ3n) is 8.65. The van der Waals surface area contributed by atoms with Gasteiger partial charge in [0.1, 0.15) is 12.6 Å². The lowest BCUT2D eigenvalue weighted by atomic mass is 10.0. The average Bonchev–Trinajstić information content (AvgIpc) is 3.59. The standard InChI is InChI=1S/C37H38F3N3O4S/c1-27-13-8-9-16-29(27)25-42(34(23-28-14-4-2-5-15-28)36(45)41-31-18-10-11-19-31)35(44)26-43(48(46,47)33-21-6-3-7-22-33)32-20-12-17-30(24-32)37(38,39)40/h2-9,12-17,20-22,24,31,34H,10-11,18-19,23,25-26H2,1H3,(H,41,45). The maximum absolute atomic E-state index is 14.6. The van der Waals surface area contributed by atoms with Crippen molar-refractivity contribution in [2.45, 2.75) is 68.7 Å². The number of carbonyl (C=O) groups excluding carboxylic acids is 2. The van der Waals surface area contributed by atoms with E-state index in [0.717, 1.165) is 54.5 Å². The fourth-order valence-corrected chi connectivity index (χ4v) is 7.41. The maximum atomic E-state index is 14.6. The number of sulfonamides is 1. The summed E-state index contributed by atoms with van der Waals surface area (Å²) >= 11 is 0. The van der Waals surface area contributed by atoms with E-state index < -0.39 is 40.3 Å². The first-order valence-electron chi connectivity index (χ1n) is 15.9. The Morgan fingerprint density at radius 1 is 0.854 bits per heavy atom. The molecular weight excluding hydrogens is 639 g/mol. The van der Waals surface area contributed by atoms with Gasteiger partial charge in [-0.15, -0.1) is 0 Å². The Morgan fingerprint density at radius 3 is 2.12 bits per heavy atom. The van der Waals surface area contributed by atoms with Crippen LogP contribution in [0.25, 0.3) is 0 Å². The van der Waals surface area contributed by atoms with Crippen LogP contribution in [0, 0.1) is 6.92 Å². The number of hydrogen-bond donors (Lipinski definition) is 1. The highest BCUT2D eigenvalue weighted by atomic mass is 32.2. The zero-order valence-corrected chi connectivity index (χ0v) is 27.4. The highest BCUT2D eigenvalue weighted by Crippen LogP contribution is 2.33. The van der Waals surface area contributed by atoms with Gasteiger partial charge in [-0.05, 0) is 66.8 Å². The zero-order valence-electron chi connectivity index (χ0n) is 26.6. The molecule has 0 radical (unpaired) electrons. The molecule has 0 aliphatic heterocycles. The van der Waals surface area contributed by atoms with Crippen LogP contribution in [0.2, 0.25) is 0 Å². The summed E-state index contributed by atoms with van der Waals surface area (Å²) in [5.74, 6) is -1.11. The molecule has 4 aromatic carbocycles. The molecule has 1 N–H and O–H groups in total. The maximum Gasteiger partial charge on any atom is 0.416 e. The Balaban J connectivity index is 1.60. The van der Waals surface area contributed by atoms with Gasteiger partial charge in [-0.25, -0.2) is 8.42 Å². The first kappa shape index (κ1) is 34.7. The summed E-state index contributed by atoms with van der Waals surface area (Å²) in [6.07, 6.45) is -1.03. The van der Waals surface area contributed by atoms with Crippen molar-refractivity contribution in [1.82, 2.24) is 10.2 Å². The van der Waals surface area contributed by atoms with Crippen LogP contribution < -0.4 is 9.62 Å². The molecule has 7 nitrogen and oxygen atoms in total. The van der Waals surface area contributed by atoms with E-state index in [1.165, 1.54) is 35.2 Å². The molecular formula is C37H38F3N3O4S. The molecule has 1 aliphatic carbocycles. The van der Waals surface area contributed by atoms with Crippen molar-refractivity contribution in [1.29, 1.82) is 0 Å². The summed E-state index contributed by atoms with van der Waals surface area (Å²) < 4.78 is 70.3. The van der Waals surface area contributed by atoms with Crippen molar-refractivity contribution in [3.05, 3.63) is 131 Å². The van der Waals surface area contributed by atoms with E-state index >= 15 is 0 Å². The molecule has 0 spiro atoms. The van der Waals surface area contributed by atoms with Crippen molar-refractivity contribution < 1.29 is 31.2 Å². The van der Waals surface area contributed by atoms with Crippen LogP contribution in [0.5, 0.6) is 0 Å². The van der Waals surface area contributed by atoms with Gasteiger partial charge in [0.25, 0.3) is 10.0 Å². The molecule has 1 atom stereocenters. The first-order valence-corrected chi connectivity index (χ1v) is 17.3. The number of benzene rings is 4. The Kier molecular flexibility index (Phi) is 10.9. The van der Waals surface area contributed by atoms with E-state index in [9.17, 15) is 31.2 Å². The van der Waals surface area contributed by atoms with Gasteiger partial charge >= 0.3 is 6.18 Å². The molecule has 0 aromatic heterocycles. The summed E-state index contributed by atoms with van der Waals surface area (Å²) in [4.78, 5) is 29.9. The number of carbonyl (C=O) groups is 2. The molecule has 1 unspecified atom stereocenters. The number of aryl methyl sites for hydroxylation is 1. The Labute approximate surface area is 279 Å². The summed E-state index contributed by atoms with van der Waals surface area (Å²) in [5.41, 5.74) is 1.01. The van der Waals surface area contributed by atoms with Crippen LogP contribution in [-0.4, -0.2) is 43.8 Å². The number of nitrogens with one attached hydrogen (secondary N) is 1. The largest absolute Gasteiger partial charge is 0.416 e. The third kappa shape index (κ3) is 8.44. The Bertz CT molecular complexity index is 1810. The lowest BCUT2D eigenvalue weighted by molar-refractivity contribution is -0.140. The number of hydrogen-bond acceptors (Lipinski definition) is 4. The molecule has 4 aromatic rings. The van der Waals surface area contributed by atoms with Crippen molar-refractivity contribution >= 4 is 27.5 Å². The van der Waals surface area contributed by atoms with E-state index in [2.05, 4.69) is 5.32 Å². The van der Waals surface area contributed by atoms with Gasteiger partial charge in [0, 0.05) is 19.0 Å². The van der Waals surface area contributed by atoms with Crippen LogP contribution in [0.15, 0.2) is 114 Å². The van der Waals surface area contributed by atoms with Crippen LogP contribution in [-0.2, 0) is 38.8 Å². The molecule has 2 amide bonds. The van der Waals surface area contributed by atoms with E-state index in [-0.39, 0.29) is 35.5 Å². The zero-order chi connectivity index (χ0) is 34.3. The van der Waals surface area contributed by atoms with E-state index in [4.69, 9.17) is 0 Å². The number of halogens is 3. The average molecular weight is 678 g/mol. The molecule has 5 rings (SSSR count). The van der Waals surface area contributed by atoms with Gasteiger partial charge in [-0.1, -0.05) is 91.7 Å². The monoisotopic (exact) mass is 677 g/mol. The summed E-state index contributed by atoms with van der Waals surface area (Å²) in [5, 5.41) is 3.11. The van der Waals surface area contributed by atoms with E-state index in [1.807, 2.05) is 61.5 Å². The molecule has 1 fully saturated rings. The minimum atomic E-state index is -4.75. The van der Waals surface area contributed by atoms with Crippen molar-refractivity contribution in [3.8, 4) is 0 Å². The SMILES string of the molecule is Cc1ccccc1CN(C(=O)CN(c1cccc(C(F)(F)F)c1)S(=O)(=O)c1ccccc1)C(Cc1ccccc1)C(=O)NC1CCCC1. The van der Waals surface area contributed by atoms with Gasteiger partial charge in [0.2, 0.25) is 11.8 Å². The van der Waals surface area contributed by atoms with Crippen molar-refractivity contribution in [2.75, 3.05) is 10.8 Å². The number of nitrogens with zero attached hydrogens (tertiary/aromatic N) is 2. The van der Waals surface area contributed by atoms with Crippen molar-refractivity contribution in [2.24, 2.45) is 0 Å². The second-order valence-corrected chi connectivity index (χ2v) is 13.9. The smallest absolute Gasteiger partial charge is 0.352 e. The Hall–Kier alpha value is -4.64. The van der Waals surface area contributed by atoms with E-state index in [1.54, 1.807) is 6.07 Å². The van der Waals surface area contributed by atoms with Crippen molar-refractivity contribution in [3.63, 3.8) is 0 Å². The normalized spacial score (nSPS) is 14.3. The second-order valence-electron chi connectivity index (χ2n) is 12.0. The van der Waals surface area contributed by atoms with Gasteiger partial charge in [0.05, 0.1) is 16.1 Å². The summed E-state index contributed by atoms with van der Waals surface area (Å²) in [7, 11) is -4.53. The van der Waals surface area contributed by atoms with Crippen LogP contribution >= 0.6 is 0 Å². The van der Waals surface area contributed by atoms with Gasteiger partial charge in [0.15, 0.2) is 0 Å². The van der Waals surface area contributed by atoms with Crippen LogP contribution in [0.1, 0.15) is 47.9 Å². The highest BCUT2D eigenvalue weighted by Gasteiger charge is 2.37. The summed E-state index contributed by atoms with van der Waals surface area (Å²) in [6, 6.07) is 26.6. The molecule has 0 heterocycles. The first-order chi connectivity index (χ1) is 22.9. The minimum absolute atomic E-state index is 0.0249. The molecule has 0 saturated heterocycles. The number of alkyl halides is 3. The van der Waals surface area contributed by atoms with Gasteiger partial charge in [-0.3, -0.25) is 13.9 Å². The van der Waals surface area contributed by atoms with Gasteiger partial charge in [-0.2, -0.15) is 13.2 Å². The highest BCUT2D eigenvalue weighted by molar-refractivity contribution is 7.92. The molecule has 11 heteroatoms. The predicted octanol–water partition coefficient (Wildman–Crippen LogP) is 6.91. The lowest BCUT2D eigenvalue weighted by Crippen LogP contribution is -2.54. The molecule has 0 bridgehead atoms. The third-order valence-corrected chi connectivity index (χ3v) is 10.4. The van der Waals surface area contributed by atoms with Crippen LogP contribution in [0.4, 0.5) is 18.9 Å². The molecule has 48 heavy (non-hydrogen) atoms. The van der Waals surface area contributed by atoms with Gasteiger partial charge < -0.3 is 10.2 Å². The number of rotatable bonds is 12. The quantitative estimate of drug-likeness (QED) is 0.177. The Morgan fingerprint density at radius 2 is 1.48 bits per heavy atom. The number of amides is 2. The fraction of sp³-hybridized carbons (Fsp3) is 0.297. The van der Waals surface area contributed by atoms with E-state index in [0.29, 0.717) is 10.4 Å². The molecule has 1 aliphatic rings. The lowest BCUT2D eigenvalue weighted by Gasteiger charge is -2.34. The van der Waals surface area contributed by atoms with Crippen LogP contribution in [0.3, 0.4) is 0 Å². The molecule has 1 saturated carbocycles. The topological polar surface area (TPSA) is 86.8 Å². The predicted molar refractivity (Wildman–Crippen MR) is 178 cm³/mol. The minimum Gasteiger partial charge on any atom is -0.352 e. The summed E-state index contributed by atoms with van der Waals surface area (Å²) in [6.45, 7) is 1.01. The number of anilines is 1. The fourth-order valence-electron chi connectivity index (χ4n) is 5.98. The molecule has 252 valence electrons.